The third-order valence-corrected chi connectivity index (χ3v) is 2.27. The molecule has 1 rings (SSSR count). The van der Waals surface area contributed by atoms with Gasteiger partial charge >= 0.3 is 30.0 Å². The SMILES string of the molecule is CCCN(CCC)Cc1cc[c-]cc1.[Zn+][Br]. The maximum absolute atomic E-state index is 3.06. The van der Waals surface area contributed by atoms with Crippen molar-refractivity contribution in [3.8, 4) is 0 Å². The van der Waals surface area contributed by atoms with Crippen LogP contribution in [0.25, 0.3) is 0 Å². The van der Waals surface area contributed by atoms with E-state index < -0.39 is 0 Å². The number of halogens is 1. The molecule has 16 heavy (non-hydrogen) atoms. The summed E-state index contributed by atoms with van der Waals surface area (Å²) in [5.41, 5.74) is 1.39. The minimum atomic E-state index is 1.08. The van der Waals surface area contributed by atoms with Gasteiger partial charge in [0.2, 0.25) is 0 Å². The van der Waals surface area contributed by atoms with Crippen LogP contribution in [0.15, 0.2) is 24.3 Å². The van der Waals surface area contributed by atoms with E-state index in [1.54, 1.807) is 0 Å². The Bertz CT molecular complexity index is 235. The molecular formula is C13H20BrNZn. The van der Waals surface area contributed by atoms with E-state index >= 15 is 0 Å². The van der Waals surface area contributed by atoms with E-state index in [1.165, 1.54) is 47.8 Å². The Kier molecular flexibility index (Phi) is 12.0. The number of nitrogens with zero attached hydrogens (tertiary/aromatic N) is 1. The van der Waals surface area contributed by atoms with Crippen molar-refractivity contribution >= 4 is 13.6 Å². The molecule has 0 saturated carbocycles. The molecule has 0 heterocycles. The predicted octanol–water partition coefficient (Wildman–Crippen LogP) is 3.95. The van der Waals surface area contributed by atoms with Crippen molar-refractivity contribution < 1.29 is 16.3 Å². The van der Waals surface area contributed by atoms with E-state index in [9.17, 15) is 0 Å². The predicted molar refractivity (Wildman–Crippen MR) is 70.1 cm³/mol. The topological polar surface area (TPSA) is 3.24 Å². The van der Waals surface area contributed by atoms with Crippen LogP contribution in [0.2, 0.25) is 0 Å². The molecule has 1 nitrogen and oxygen atoms in total. The summed E-state index contributed by atoms with van der Waals surface area (Å²) < 4.78 is 0. The van der Waals surface area contributed by atoms with Gasteiger partial charge in [-0.3, -0.25) is 0 Å². The van der Waals surface area contributed by atoms with Gasteiger partial charge in [-0.2, -0.15) is 30.3 Å². The minimum absolute atomic E-state index is 1.08. The standard InChI is InChI=1S/C13H20N.BrH.Zn/c1-3-10-14(11-4-2)12-13-8-6-5-7-9-13;;/h6-9H,3-4,10-12H2,1-2H3;1H;/q-1;;+2/p-1. The zero-order valence-corrected chi connectivity index (χ0v) is 14.9. The van der Waals surface area contributed by atoms with Gasteiger partial charge in [-0.15, -0.1) is 5.56 Å². The van der Waals surface area contributed by atoms with Gasteiger partial charge in [-0.1, -0.05) is 13.8 Å². The zero-order valence-electron chi connectivity index (χ0n) is 10.4. The molecule has 0 fully saturated rings. The fourth-order valence-electron chi connectivity index (χ4n) is 1.69. The van der Waals surface area contributed by atoms with Gasteiger partial charge in [-0.25, -0.2) is 0 Å². The molecule has 0 unspecified atom stereocenters. The van der Waals surface area contributed by atoms with E-state index in [-0.39, 0.29) is 0 Å². The van der Waals surface area contributed by atoms with E-state index in [2.05, 4.69) is 50.6 Å². The average molecular weight is 336 g/mol. The molecule has 0 aromatic heterocycles. The van der Waals surface area contributed by atoms with E-state index in [0.29, 0.717) is 0 Å². The fourth-order valence-corrected chi connectivity index (χ4v) is 1.69. The normalized spacial score (nSPS) is 9.88. The van der Waals surface area contributed by atoms with Crippen molar-refractivity contribution in [2.24, 2.45) is 0 Å². The monoisotopic (exact) mass is 333 g/mol. The quantitative estimate of drug-likeness (QED) is 0.562. The third kappa shape index (κ3) is 7.54. The Labute approximate surface area is 117 Å². The van der Waals surface area contributed by atoms with Gasteiger partial charge in [0.1, 0.15) is 0 Å². The maximum atomic E-state index is 3.06. The van der Waals surface area contributed by atoms with Crippen LogP contribution in [-0.2, 0) is 22.9 Å². The van der Waals surface area contributed by atoms with Crippen LogP contribution in [0.3, 0.4) is 0 Å². The summed E-state index contributed by atoms with van der Waals surface area (Å²) in [6.45, 7) is 7.96. The van der Waals surface area contributed by atoms with Gasteiger partial charge in [-0.05, 0) is 25.9 Å². The summed E-state index contributed by atoms with van der Waals surface area (Å²) in [6, 6.07) is 11.3. The summed E-state index contributed by atoms with van der Waals surface area (Å²) in [6.07, 6.45) is 2.47. The first kappa shape index (κ1) is 16.3. The molecule has 0 radical (unpaired) electrons. The average Bonchev–Trinajstić information content (AvgIpc) is 2.34. The van der Waals surface area contributed by atoms with Gasteiger partial charge < -0.3 is 4.90 Å². The Balaban J connectivity index is 0.00000106. The summed E-state index contributed by atoms with van der Waals surface area (Å²) in [5.74, 6) is 0. The van der Waals surface area contributed by atoms with Crippen molar-refractivity contribution in [1.82, 2.24) is 4.90 Å². The summed E-state index contributed by atoms with van der Waals surface area (Å²) in [7, 11) is 0. The first-order chi connectivity index (χ1) is 7.86. The molecule has 0 aliphatic rings. The van der Waals surface area contributed by atoms with Crippen LogP contribution in [0.4, 0.5) is 0 Å². The molecule has 0 spiro atoms. The van der Waals surface area contributed by atoms with Crippen molar-refractivity contribution in [2.75, 3.05) is 13.1 Å². The van der Waals surface area contributed by atoms with Crippen LogP contribution < -0.4 is 0 Å². The van der Waals surface area contributed by atoms with Crippen molar-refractivity contribution in [3.63, 3.8) is 0 Å². The summed E-state index contributed by atoms with van der Waals surface area (Å²) >= 11 is 4.25. The number of hydrogen-bond donors (Lipinski definition) is 0. The van der Waals surface area contributed by atoms with Gasteiger partial charge in [0, 0.05) is 6.54 Å². The molecule has 1 aromatic rings. The van der Waals surface area contributed by atoms with Crippen LogP contribution in [0.1, 0.15) is 32.3 Å². The first-order valence-corrected chi connectivity index (χ1v) is 12.8. The fraction of sp³-hybridized carbons (Fsp3) is 0.538. The Morgan fingerprint density at radius 1 is 1.12 bits per heavy atom. The van der Waals surface area contributed by atoms with Crippen LogP contribution in [0, 0.1) is 6.07 Å². The molecule has 0 amide bonds. The van der Waals surface area contributed by atoms with E-state index in [1.807, 2.05) is 12.1 Å². The first-order valence-electron chi connectivity index (χ1n) is 5.81. The number of benzene rings is 1. The van der Waals surface area contributed by atoms with Gasteiger partial charge in [0.05, 0.1) is 0 Å². The second-order valence-electron chi connectivity index (χ2n) is 3.68. The second kappa shape index (κ2) is 11.8. The molecule has 3 heteroatoms. The number of rotatable bonds is 6. The molecule has 0 bridgehead atoms. The molecule has 0 aliphatic carbocycles. The van der Waals surface area contributed by atoms with Crippen molar-refractivity contribution in [2.45, 2.75) is 33.2 Å². The van der Waals surface area contributed by atoms with Crippen LogP contribution in [0.5, 0.6) is 0 Å². The van der Waals surface area contributed by atoms with E-state index in [4.69, 9.17) is 0 Å². The third-order valence-electron chi connectivity index (χ3n) is 2.27. The molecule has 0 N–H and O–H groups in total. The molecule has 86 valence electrons. The molecule has 0 aliphatic heterocycles. The molecule has 1 aromatic carbocycles. The Hall–Kier alpha value is 0.283. The molecular weight excluding hydrogens is 315 g/mol. The van der Waals surface area contributed by atoms with Crippen molar-refractivity contribution in [1.29, 1.82) is 0 Å². The number of hydrogen-bond acceptors (Lipinski definition) is 1. The van der Waals surface area contributed by atoms with Crippen LogP contribution in [-0.4, -0.2) is 18.0 Å². The summed E-state index contributed by atoms with van der Waals surface area (Å²) in [4.78, 5) is 2.51. The van der Waals surface area contributed by atoms with Gasteiger partial charge in [0.15, 0.2) is 0 Å². The van der Waals surface area contributed by atoms with Crippen molar-refractivity contribution in [3.05, 3.63) is 35.9 Å². The van der Waals surface area contributed by atoms with Crippen LogP contribution >= 0.6 is 13.6 Å². The molecule has 0 atom stereocenters. The Morgan fingerprint density at radius 3 is 2.06 bits per heavy atom. The summed E-state index contributed by atoms with van der Waals surface area (Å²) in [5, 5.41) is 0. The molecule has 0 saturated heterocycles. The second-order valence-corrected chi connectivity index (χ2v) is 3.68. The zero-order chi connectivity index (χ0) is 12.2. The van der Waals surface area contributed by atoms with E-state index in [0.717, 1.165) is 6.54 Å². The van der Waals surface area contributed by atoms with Gasteiger partial charge in [0.25, 0.3) is 0 Å². The Morgan fingerprint density at radius 2 is 1.62 bits per heavy atom.